The number of hydrazine groups is 1. The van der Waals surface area contributed by atoms with Crippen LogP contribution >= 0.6 is 0 Å². The van der Waals surface area contributed by atoms with Crippen molar-refractivity contribution >= 4 is 5.91 Å². The third-order valence-electron chi connectivity index (χ3n) is 2.92. The van der Waals surface area contributed by atoms with Gasteiger partial charge in [0.15, 0.2) is 0 Å². The molecule has 2 aromatic rings. The molecule has 1 amide bonds. The van der Waals surface area contributed by atoms with Crippen molar-refractivity contribution in [3.05, 3.63) is 65.0 Å². The van der Waals surface area contributed by atoms with Crippen LogP contribution in [0.25, 0.3) is 0 Å². The molecule has 0 bridgehead atoms. The molecule has 0 saturated heterocycles. The highest BCUT2D eigenvalue weighted by atomic mass is 19.1. The Balaban J connectivity index is 2.14. The molecule has 0 unspecified atom stereocenters. The molecule has 0 aliphatic rings. The van der Waals surface area contributed by atoms with Gasteiger partial charge in [-0.05, 0) is 36.8 Å². The number of amides is 1. The van der Waals surface area contributed by atoms with Crippen LogP contribution in [0.4, 0.5) is 4.39 Å². The Morgan fingerprint density at radius 3 is 2.75 bits per heavy atom. The Kier molecular flexibility index (Phi) is 4.32. The van der Waals surface area contributed by atoms with E-state index in [0.29, 0.717) is 22.4 Å². The van der Waals surface area contributed by atoms with Gasteiger partial charge in [-0.2, -0.15) is 0 Å². The number of nitrogen functional groups attached to an aromatic ring is 1. The number of benzene rings is 2. The lowest BCUT2D eigenvalue weighted by molar-refractivity contribution is 0.0951. The number of halogens is 1. The standard InChI is InChI=1S/C15H15FN2O2/c1-10-8-12(6-7-14(10)16)20-9-11-4-2-3-5-13(11)15(19)18-17/h2-8H,9,17H2,1H3,(H,18,19). The van der Waals surface area contributed by atoms with Crippen molar-refractivity contribution in [3.8, 4) is 5.75 Å². The van der Waals surface area contributed by atoms with Crippen LogP contribution in [0.3, 0.4) is 0 Å². The molecule has 4 nitrogen and oxygen atoms in total. The molecular formula is C15H15FN2O2. The summed E-state index contributed by atoms with van der Waals surface area (Å²) in [5.41, 5.74) is 3.76. The molecular weight excluding hydrogens is 259 g/mol. The normalized spacial score (nSPS) is 10.2. The van der Waals surface area contributed by atoms with E-state index in [1.54, 1.807) is 37.3 Å². The van der Waals surface area contributed by atoms with Crippen LogP contribution in [0.15, 0.2) is 42.5 Å². The third kappa shape index (κ3) is 3.13. The molecule has 5 heteroatoms. The molecule has 2 rings (SSSR count). The minimum atomic E-state index is -0.375. The minimum absolute atomic E-state index is 0.203. The van der Waals surface area contributed by atoms with Gasteiger partial charge < -0.3 is 4.74 Å². The number of carbonyl (C=O) groups is 1. The monoisotopic (exact) mass is 274 g/mol. The fourth-order valence-electron chi connectivity index (χ4n) is 1.81. The van der Waals surface area contributed by atoms with Crippen molar-refractivity contribution in [1.82, 2.24) is 5.43 Å². The molecule has 0 atom stereocenters. The van der Waals surface area contributed by atoms with Gasteiger partial charge in [0.1, 0.15) is 18.2 Å². The summed E-state index contributed by atoms with van der Waals surface area (Å²) in [6.07, 6.45) is 0. The molecule has 0 aliphatic carbocycles. The summed E-state index contributed by atoms with van der Waals surface area (Å²) in [6.45, 7) is 1.87. The molecule has 0 spiro atoms. The molecule has 3 N–H and O–H groups in total. The van der Waals surface area contributed by atoms with Crippen molar-refractivity contribution in [3.63, 3.8) is 0 Å². The molecule has 0 heterocycles. The van der Waals surface area contributed by atoms with E-state index >= 15 is 0 Å². The van der Waals surface area contributed by atoms with Crippen LogP contribution in [0.2, 0.25) is 0 Å². The van der Waals surface area contributed by atoms with E-state index in [2.05, 4.69) is 5.43 Å². The molecule has 0 fully saturated rings. The first kappa shape index (κ1) is 14.0. The van der Waals surface area contributed by atoms with Gasteiger partial charge in [0.05, 0.1) is 0 Å². The first-order chi connectivity index (χ1) is 9.61. The zero-order valence-electron chi connectivity index (χ0n) is 11.0. The van der Waals surface area contributed by atoms with E-state index in [1.165, 1.54) is 6.07 Å². The van der Waals surface area contributed by atoms with E-state index in [4.69, 9.17) is 10.6 Å². The number of nitrogens with one attached hydrogen (secondary N) is 1. The summed E-state index contributed by atoms with van der Waals surface area (Å²) in [6, 6.07) is 11.5. The lowest BCUT2D eigenvalue weighted by Crippen LogP contribution is -2.30. The van der Waals surface area contributed by atoms with Crippen LogP contribution in [0.5, 0.6) is 5.75 Å². The highest BCUT2D eigenvalue weighted by Crippen LogP contribution is 2.18. The Morgan fingerprint density at radius 2 is 2.05 bits per heavy atom. The van der Waals surface area contributed by atoms with Crippen LogP contribution in [0.1, 0.15) is 21.5 Å². The number of hydrogen-bond donors (Lipinski definition) is 2. The van der Waals surface area contributed by atoms with Gasteiger partial charge in [-0.3, -0.25) is 10.2 Å². The number of rotatable bonds is 4. The molecule has 0 saturated carbocycles. The Hall–Kier alpha value is -2.40. The van der Waals surface area contributed by atoms with E-state index in [0.717, 1.165) is 0 Å². The number of ether oxygens (including phenoxy) is 1. The Labute approximate surface area is 116 Å². The summed E-state index contributed by atoms with van der Waals surface area (Å²) in [5.74, 6) is 5.03. The second-order valence-electron chi connectivity index (χ2n) is 4.33. The number of carbonyl (C=O) groups excluding carboxylic acids is 1. The van der Waals surface area contributed by atoms with Crippen molar-refractivity contribution < 1.29 is 13.9 Å². The van der Waals surface area contributed by atoms with Crippen LogP contribution in [-0.4, -0.2) is 5.91 Å². The molecule has 2 aromatic carbocycles. The van der Waals surface area contributed by atoms with Crippen molar-refractivity contribution in [2.75, 3.05) is 0 Å². The summed E-state index contributed by atoms with van der Waals surface area (Å²) >= 11 is 0. The largest absolute Gasteiger partial charge is 0.489 e. The third-order valence-corrected chi connectivity index (χ3v) is 2.92. The highest BCUT2D eigenvalue weighted by molar-refractivity contribution is 5.95. The maximum absolute atomic E-state index is 13.2. The predicted octanol–water partition coefficient (Wildman–Crippen LogP) is 2.32. The Bertz CT molecular complexity index is 629. The van der Waals surface area contributed by atoms with Gasteiger partial charge in [0.25, 0.3) is 5.91 Å². The fourth-order valence-corrected chi connectivity index (χ4v) is 1.81. The number of hydrogen-bond acceptors (Lipinski definition) is 3. The maximum Gasteiger partial charge on any atom is 0.265 e. The predicted molar refractivity (Wildman–Crippen MR) is 73.6 cm³/mol. The lowest BCUT2D eigenvalue weighted by Gasteiger charge is -2.10. The first-order valence-corrected chi connectivity index (χ1v) is 6.09. The molecule has 0 aromatic heterocycles. The van der Waals surface area contributed by atoms with Crippen LogP contribution in [0, 0.1) is 12.7 Å². The average molecular weight is 274 g/mol. The maximum atomic E-state index is 13.2. The van der Waals surface area contributed by atoms with Gasteiger partial charge >= 0.3 is 0 Å². The zero-order chi connectivity index (χ0) is 14.5. The van der Waals surface area contributed by atoms with Crippen molar-refractivity contribution in [2.24, 2.45) is 5.84 Å². The van der Waals surface area contributed by atoms with Gasteiger partial charge in [0.2, 0.25) is 0 Å². The van der Waals surface area contributed by atoms with Crippen LogP contribution < -0.4 is 16.0 Å². The molecule has 104 valence electrons. The van der Waals surface area contributed by atoms with E-state index in [1.807, 2.05) is 6.07 Å². The lowest BCUT2D eigenvalue weighted by atomic mass is 10.1. The zero-order valence-corrected chi connectivity index (χ0v) is 11.0. The van der Waals surface area contributed by atoms with Gasteiger partial charge in [-0.25, -0.2) is 10.2 Å². The van der Waals surface area contributed by atoms with Crippen LogP contribution in [-0.2, 0) is 6.61 Å². The number of nitrogens with two attached hydrogens (primary N) is 1. The van der Waals surface area contributed by atoms with E-state index in [-0.39, 0.29) is 18.3 Å². The van der Waals surface area contributed by atoms with E-state index in [9.17, 15) is 9.18 Å². The average Bonchev–Trinajstić information content (AvgIpc) is 2.48. The topological polar surface area (TPSA) is 64.3 Å². The van der Waals surface area contributed by atoms with Crippen molar-refractivity contribution in [1.29, 1.82) is 0 Å². The summed E-state index contributed by atoms with van der Waals surface area (Å²) in [5, 5.41) is 0. The second kappa shape index (κ2) is 6.16. The molecule has 0 aliphatic heterocycles. The van der Waals surface area contributed by atoms with Crippen molar-refractivity contribution in [2.45, 2.75) is 13.5 Å². The highest BCUT2D eigenvalue weighted by Gasteiger charge is 2.10. The fraction of sp³-hybridized carbons (Fsp3) is 0.133. The second-order valence-corrected chi connectivity index (χ2v) is 4.33. The SMILES string of the molecule is Cc1cc(OCc2ccccc2C(=O)NN)ccc1F. The summed E-state index contributed by atoms with van der Waals surface area (Å²) in [4.78, 5) is 11.6. The Morgan fingerprint density at radius 1 is 1.30 bits per heavy atom. The van der Waals surface area contributed by atoms with E-state index < -0.39 is 0 Å². The van der Waals surface area contributed by atoms with Gasteiger partial charge in [-0.15, -0.1) is 0 Å². The van der Waals surface area contributed by atoms with Gasteiger partial charge in [-0.1, -0.05) is 18.2 Å². The summed E-state index contributed by atoms with van der Waals surface area (Å²) in [7, 11) is 0. The number of aryl methyl sites for hydroxylation is 1. The molecule has 0 radical (unpaired) electrons. The smallest absolute Gasteiger partial charge is 0.265 e. The molecule has 20 heavy (non-hydrogen) atoms. The summed E-state index contributed by atoms with van der Waals surface area (Å²) < 4.78 is 18.7. The first-order valence-electron chi connectivity index (χ1n) is 6.09. The quantitative estimate of drug-likeness (QED) is 0.511. The minimum Gasteiger partial charge on any atom is -0.489 e. The van der Waals surface area contributed by atoms with Gasteiger partial charge in [0, 0.05) is 11.1 Å².